The van der Waals surface area contributed by atoms with E-state index >= 15 is 0 Å². The van der Waals surface area contributed by atoms with Gasteiger partial charge in [-0.15, -0.1) is 0 Å². The lowest BCUT2D eigenvalue weighted by atomic mass is 10.5. The van der Waals surface area contributed by atoms with Crippen molar-refractivity contribution in [1.82, 2.24) is 9.97 Å². The Kier molecular flexibility index (Phi) is 7.15. The smallest absolute Gasteiger partial charge is 0.158 e. The largest absolute Gasteiger partial charge is 0.374 e. The normalized spacial score (nSPS) is 12.4. The average molecular weight is 292 g/mol. The van der Waals surface area contributed by atoms with Crippen molar-refractivity contribution in [2.45, 2.75) is 20.5 Å². The third-order valence-electron chi connectivity index (χ3n) is 2.13. The second kappa shape index (κ2) is 8.39. The Morgan fingerprint density at radius 2 is 2.22 bits per heavy atom. The number of anilines is 1. The van der Waals surface area contributed by atoms with E-state index in [1.807, 2.05) is 13.8 Å². The minimum absolute atomic E-state index is 0.340. The Morgan fingerprint density at radius 3 is 2.89 bits per heavy atom. The zero-order valence-electron chi connectivity index (χ0n) is 10.6. The van der Waals surface area contributed by atoms with Crippen LogP contribution in [0.1, 0.15) is 19.7 Å². The molecule has 5 nitrogen and oxygen atoms in total. The first-order valence-corrected chi connectivity index (χ1v) is 7.72. The van der Waals surface area contributed by atoms with Crippen LogP contribution >= 0.6 is 11.6 Å². The minimum atomic E-state index is -0.780. The topological polar surface area (TPSA) is 64.1 Å². The van der Waals surface area contributed by atoms with Gasteiger partial charge in [-0.3, -0.25) is 4.21 Å². The molecule has 1 N–H and O–H groups in total. The van der Waals surface area contributed by atoms with E-state index < -0.39 is 10.8 Å². The Morgan fingerprint density at radius 1 is 1.44 bits per heavy atom. The second-order valence-corrected chi connectivity index (χ2v) is 5.74. The summed E-state index contributed by atoms with van der Waals surface area (Å²) < 4.78 is 16.5. The molecule has 0 spiro atoms. The van der Waals surface area contributed by atoms with Crippen molar-refractivity contribution < 1.29 is 8.95 Å². The highest BCUT2D eigenvalue weighted by atomic mass is 35.5. The Labute approximate surface area is 115 Å². The first kappa shape index (κ1) is 15.3. The molecule has 0 fully saturated rings. The summed E-state index contributed by atoms with van der Waals surface area (Å²) in [6, 6.07) is 1.64. The number of nitrogens with one attached hydrogen (secondary N) is 1. The van der Waals surface area contributed by atoms with Gasteiger partial charge in [0.2, 0.25) is 0 Å². The highest BCUT2D eigenvalue weighted by Crippen LogP contribution is 2.11. The number of hydrogen-bond donors (Lipinski definition) is 1. The molecule has 1 atom stereocenters. The van der Waals surface area contributed by atoms with Gasteiger partial charge in [-0.1, -0.05) is 18.5 Å². The standard InChI is InChI=1S/C11H18ClN3O2S/c1-3-17-8-11-14-9(12)7-10(15-11)13-5-6-18(16)4-2/h7H,3-6,8H2,1-2H3,(H,13,14,15). The predicted molar refractivity (Wildman–Crippen MR) is 74.4 cm³/mol. The van der Waals surface area contributed by atoms with Gasteiger partial charge in [-0.05, 0) is 6.92 Å². The van der Waals surface area contributed by atoms with E-state index in [0.29, 0.717) is 48.1 Å². The van der Waals surface area contributed by atoms with Crippen molar-refractivity contribution in [3.63, 3.8) is 0 Å². The molecule has 0 saturated carbocycles. The van der Waals surface area contributed by atoms with E-state index in [-0.39, 0.29) is 0 Å². The molecule has 0 bridgehead atoms. The van der Waals surface area contributed by atoms with Gasteiger partial charge in [-0.2, -0.15) is 0 Å². The Balaban J connectivity index is 2.54. The highest BCUT2D eigenvalue weighted by molar-refractivity contribution is 7.84. The van der Waals surface area contributed by atoms with E-state index in [9.17, 15) is 4.21 Å². The molecule has 1 heterocycles. The quantitative estimate of drug-likeness (QED) is 0.741. The van der Waals surface area contributed by atoms with Crippen molar-refractivity contribution >= 4 is 28.2 Å². The van der Waals surface area contributed by atoms with Gasteiger partial charge < -0.3 is 10.1 Å². The fraction of sp³-hybridized carbons (Fsp3) is 0.636. The second-order valence-electron chi connectivity index (χ2n) is 3.49. The van der Waals surface area contributed by atoms with Gasteiger partial charge in [0.1, 0.15) is 17.6 Å². The number of rotatable bonds is 8. The average Bonchev–Trinajstić information content (AvgIpc) is 2.35. The van der Waals surface area contributed by atoms with Gasteiger partial charge in [0.25, 0.3) is 0 Å². The maximum absolute atomic E-state index is 11.3. The van der Waals surface area contributed by atoms with Gasteiger partial charge in [0.15, 0.2) is 5.82 Å². The summed E-state index contributed by atoms with van der Waals surface area (Å²) in [5, 5.41) is 3.46. The van der Waals surface area contributed by atoms with Crippen LogP contribution in [0.25, 0.3) is 0 Å². The number of nitrogens with zero attached hydrogens (tertiary/aromatic N) is 2. The molecule has 0 aliphatic heterocycles. The van der Waals surface area contributed by atoms with Gasteiger partial charge in [-0.25, -0.2) is 9.97 Å². The molecule has 0 saturated heterocycles. The summed E-state index contributed by atoms with van der Waals surface area (Å²) in [4.78, 5) is 8.32. The lowest BCUT2D eigenvalue weighted by molar-refractivity contribution is 0.128. The van der Waals surface area contributed by atoms with Crippen LogP contribution < -0.4 is 5.32 Å². The molecule has 1 aromatic heterocycles. The molecule has 1 unspecified atom stereocenters. The summed E-state index contributed by atoms with van der Waals surface area (Å²) in [6.45, 7) is 5.35. The van der Waals surface area contributed by atoms with E-state index in [1.54, 1.807) is 6.07 Å². The zero-order valence-corrected chi connectivity index (χ0v) is 12.2. The van der Waals surface area contributed by atoms with Crippen LogP contribution in [0.15, 0.2) is 6.07 Å². The third kappa shape index (κ3) is 5.75. The molecule has 102 valence electrons. The molecular formula is C11H18ClN3O2S. The van der Waals surface area contributed by atoms with Gasteiger partial charge >= 0.3 is 0 Å². The van der Waals surface area contributed by atoms with Crippen molar-refractivity contribution in [3.8, 4) is 0 Å². The molecule has 0 aliphatic rings. The molecular weight excluding hydrogens is 274 g/mol. The van der Waals surface area contributed by atoms with Crippen LogP contribution in [0, 0.1) is 0 Å². The minimum Gasteiger partial charge on any atom is -0.374 e. The zero-order chi connectivity index (χ0) is 13.4. The summed E-state index contributed by atoms with van der Waals surface area (Å²) in [5.74, 6) is 2.45. The number of hydrogen-bond acceptors (Lipinski definition) is 5. The number of halogens is 1. The van der Waals surface area contributed by atoms with Crippen LogP contribution in [-0.2, 0) is 22.1 Å². The Bertz CT molecular complexity index is 404. The maximum atomic E-state index is 11.3. The first-order chi connectivity index (χ1) is 8.65. The molecule has 0 aromatic carbocycles. The monoisotopic (exact) mass is 291 g/mol. The lowest BCUT2D eigenvalue weighted by Crippen LogP contribution is -2.13. The predicted octanol–water partition coefficient (Wildman–Crippen LogP) is 1.85. The first-order valence-electron chi connectivity index (χ1n) is 5.85. The number of aromatic nitrogens is 2. The van der Waals surface area contributed by atoms with Crippen LogP contribution in [-0.4, -0.2) is 38.8 Å². The van der Waals surface area contributed by atoms with Gasteiger partial charge in [0.05, 0.1) is 0 Å². The summed E-state index contributed by atoms with van der Waals surface area (Å²) in [5.41, 5.74) is 0. The Hall–Kier alpha value is -0.720. The van der Waals surface area contributed by atoms with Crippen molar-refractivity contribution in [2.75, 3.05) is 30.0 Å². The molecule has 7 heteroatoms. The van der Waals surface area contributed by atoms with Crippen molar-refractivity contribution in [3.05, 3.63) is 17.0 Å². The van der Waals surface area contributed by atoms with E-state index in [1.165, 1.54) is 0 Å². The van der Waals surface area contributed by atoms with Crippen LogP contribution in [0.4, 0.5) is 5.82 Å². The maximum Gasteiger partial charge on any atom is 0.158 e. The number of ether oxygens (including phenoxy) is 1. The summed E-state index contributed by atoms with van der Waals surface area (Å²) in [7, 11) is -0.780. The van der Waals surface area contributed by atoms with Crippen molar-refractivity contribution in [1.29, 1.82) is 0 Å². The summed E-state index contributed by atoms with van der Waals surface area (Å²) in [6.07, 6.45) is 0. The fourth-order valence-electron chi connectivity index (χ4n) is 1.25. The highest BCUT2D eigenvalue weighted by Gasteiger charge is 2.04. The van der Waals surface area contributed by atoms with E-state index in [4.69, 9.17) is 16.3 Å². The van der Waals surface area contributed by atoms with Crippen molar-refractivity contribution in [2.24, 2.45) is 0 Å². The van der Waals surface area contributed by atoms with Crippen LogP contribution in [0.5, 0.6) is 0 Å². The fourth-order valence-corrected chi connectivity index (χ4v) is 2.07. The SMILES string of the molecule is CCOCc1nc(Cl)cc(NCCS(=O)CC)n1. The van der Waals surface area contributed by atoms with Crippen LogP contribution in [0.2, 0.25) is 5.15 Å². The van der Waals surface area contributed by atoms with E-state index in [0.717, 1.165) is 0 Å². The molecule has 0 amide bonds. The van der Waals surface area contributed by atoms with E-state index in [2.05, 4.69) is 15.3 Å². The lowest BCUT2D eigenvalue weighted by Gasteiger charge is -2.07. The molecule has 1 rings (SSSR count). The van der Waals surface area contributed by atoms with Crippen LogP contribution in [0.3, 0.4) is 0 Å². The third-order valence-corrected chi connectivity index (χ3v) is 3.63. The van der Waals surface area contributed by atoms with Gasteiger partial charge in [0, 0.05) is 41.5 Å². The molecule has 0 aliphatic carbocycles. The molecule has 0 radical (unpaired) electrons. The summed E-state index contributed by atoms with van der Waals surface area (Å²) >= 11 is 5.89. The molecule has 1 aromatic rings. The molecule has 18 heavy (non-hydrogen) atoms.